The molecule has 150 valence electrons. The van der Waals surface area contributed by atoms with E-state index in [4.69, 9.17) is 14.0 Å². The number of esters is 1. The number of rotatable bonds is 6. The van der Waals surface area contributed by atoms with Crippen LogP contribution >= 0.6 is 0 Å². The normalized spacial score (nSPS) is 11.6. The van der Waals surface area contributed by atoms with E-state index in [0.29, 0.717) is 17.1 Å². The zero-order valence-electron chi connectivity index (χ0n) is 15.1. The third-order valence-corrected chi connectivity index (χ3v) is 3.76. The van der Waals surface area contributed by atoms with E-state index in [2.05, 4.69) is 10.1 Å². The van der Waals surface area contributed by atoms with E-state index in [9.17, 15) is 18.0 Å². The van der Waals surface area contributed by atoms with Crippen LogP contribution in [0.4, 0.5) is 13.2 Å². The lowest BCUT2D eigenvalue weighted by molar-refractivity contribution is -0.139. The average molecular weight is 404 g/mol. The highest BCUT2D eigenvalue weighted by Gasteiger charge is 2.30. The molecule has 0 radical (unpaired) electrons. The van der Waals surface area contributed by atoms with Gasteiger partial charge in [0.15, 0.2) is 6.61 Å². The number of carbonyl (C=O) groups is 1. The Morgan fingerprint density at radius 1 is 1.17 bits per heavy atom. The van der Waals surface area contributed by atoms with Crippen molar-refractivity contribution in [2.45, 2.75) is 12.8 Å². The molecule has 1 heterocycles. The Morgan fingerprint density at radius 2 is 1.97 bits per heavy atom. The summed E-state index contributed by atoms with van der Waals surface area (Å²) >= 11 is 0. The van der Waals surface area contributed by atoms with E-state index in [1.54, 1.807) is 24.3 Å². The van der Waals surface area contributed by atoms with Gasteiger partial charge in [-0.2, -0.15) is 18.2 Å². The number of nitrogens with zero attached hydrogens (tertiary/aromatic N) is 2. The SMILES string of the molecule is COc1cccc(-c2noc(COC(=O)/C=C/c3cccc(C(F)(F)F)c3)n2)c1. The number of hydrogen-bond donors (Lipinski definition) is 0. The lowest BCUT2D eigenvalue weighted by Gasteiger charge is -2.06. The van der Waals surface area contributed by atoms with E-state index >= 15 is 0 Å². The fraction of sp³-hybridized carbons (Fsp3) is 0.150. The number of hydrogen-bond acceptors (Lipinski definition) is 6. The van der Waals surface area contributed by atoms with Crippen LogP contribution in [0.1, 0.15) is 17.0 Å². The highest BCUT2D eigenvalue weighted by molar-refractivity contribution is 5.87. The van der Waals surface area contributed by atoms with Crippen LogP contribution in [0.15, 0.2) is 59.1 Å². The van der Waals surface area contributed by atoms with Crippen LogP contribution in [0.5, 0.6) is 5.75 Å². The first kappa shape index (κ1) is 20.1. The summed E-state index contributed by atoms with van der Waals surface area (Å²) in [7, 11) is 1.53. The van der Waals surface area contributed by atoms with Crippen LogP contribution in [-0.2, 0) is 22.3 Å². The number of halogens is 3. The predicted molar refractivity (Wildman–Crippen MR) is 96.6 cm³/mol. The molecule has 0 saturated heterocycles. The molecule has 0 aliphatic carbocycles. The molecule has 3 aromatic rings. The van der Waals surface area contributed by atoms with E-state index < -0.39 is 17.7 Å². The van der Waals surface area contributed by atoms with Crippen molar-refractivity contribution < 1.29 is 32.0 Å². The highest BCUT2D eigenvalue weighted by atomic mass is 19.4. The number of carbonyl (C=O) groups excluding carboxylic acids is 1. The van der Waals surface area contributed by atoms with Crippen molar-refractivity contribution in [3.63, 3.8) is 0 Å². The minimum absolute atomic E-state index is 0.0728. The average Bonchev–Trinajstić information content (AvgIpc) is 3.19. The molecule has 1 aromatic heterocycles. The first-order valence-corrected chi connectivity index (χ1v) is 8.34. The van der Waals surface area contributed by atoms with Crippen molar-refractivity contribution in [1.29, 1.82) is 0 Å². The molecule has 0 saturated carbocycles. The van der Waals surface area contributed by atoms with Crippen molar-refractivity contribution in [3.8, 4) is 17.1 Å². The molecule has 0 aliphatic rings. The zero-order chi connectivity index (χ0) is 20.9. The summed E-state index contributed by atoms with van der Waals surface area (Å²) < 4.78 is 53.2. The van der Waals surface area contributed by atoms with Crippen molar-refractivity contribution in [3.05, 3.63) is 71.6 Å². The third-order valence-electron chi connectivity index (χ3n) is 3.76. The molecule has 2 aromatic carbocycles. The molecule has 6 nitrogen and oxygen atoms in total. The minimum atomic E-state index is -4.46. The summed E-state index contributed by atoms with van der Waals surface area (Å²) in [6.07, 6.45) is -2.20. The van der Waals surface area contributed by atoms with Gasteiger partial charge in [0, 0.05) is 11.6 Å². The molecule has 9 heteroatoms. The molecule has 0 unspecified atom stereocenters. The van der Waals surface area contributed by atoms with Gasteiger partial charge in [0.05, 0.1) is 12.7 Å². The van der Waals surface area contributed by atoms with Crippen molar-refractivity contribution in [2.24, 2.45) is 0 Å². The Bertz CT molecular complexity index is 1030. The number of alkyl halides is 3. The third kappa shape index (κ3) is 5.44. The standard InChI is InChI=1S/C20H15F3N2O4/c1-27-16-7-3-5-14(11-16)19-24-17(29-25-19)12-28-18(26)9-8-13-4-2-6-15(10-13)20(21,22)23/h2-11H,12H2,1H3/b9-8+. The maximum atomic E-state index is 12.7. The lowest BCUT2D eigenvalue weighted by Crippen LogP contribution is -2.04. The number of aromatic nitrogens is 2. The zero-order valence-corrected chi connectivity index (χ0v) is 15.1. The monoisotopic (exact) mass is 404 g/mol. The van der Waals surface area contributed by atoms with E-state index in [-0.39, 0.29) is 18.1 Å². The summed E-state index contributed by atoms with van der Waals surface area (Å²) in [4.78, 5) is 15.9. The van der Waals surface area contributed by atoms with Crippen LogP contribution in [0.2, 0.25) is 0 Å². The van der Waals surface area contributed by atoms with Crippen LogP contribution < -0.4 is 4.74 Å². The first-order valence-electron chi connectivity index (χ1n) is 8.34. The van der Waals surface area contributed by atoms with Crippen LogP contribution in [0, 0.1) is 0 Å². The predicted octanol–water partition coefficient (Wildman–Crippen LogP) is 4.52. The molecule has 0 N–H and O–H groups in total. The largest absolute Gasteiger partial charge is 0.497 e. The van der Waals surface area contributed by atoms with Gasteiger partial charge in [0.25, 0.3) is 5.89 Å². The summed E-state index contributed by atoms with van der Waals surface area (Å²) in [6, 6.07) is 11.6. The summed E-state index contributed by atoms with van der Waals surface area (Å²) in [5, 5.41) is 3.81. The lowest BCUT2D eigenvalue weighted by atomic mass is 10.1. The van der Waals surface area contributed by atoms with E-state index in [1.165, 1.54) is 25.3 Å². The van der Waals surface area contributed by atoms with Gasteiger partial charge in [-0.15, -0.1) is 0 Å². The molecular weight excluding hydrogens is 389 g/mol. The highest BCUT2D eigenvalue weighted by Crippen LogP contribution is 2.29. The Balaban J connectivity index is 1.59. The Morgan fingerprint density at radius 3 is 2.72 bits per heavy atom. The molecular formula is C20H15F3N2O4. The van der Waals surface area contributed by atoms with E-state index in [0.717, 1.165) is 18.2 Å². The van der Waals surface area contributed by atoms with Crippen LogP contribution in [-0.4, -0.2) is 23.2 Å². The Labute approximate surface area is 163 Å². The summed E-state index contributed by atoms with van der Waals surface area (Å²) in [5.41, 5.74) is 0.0777. The van der Waals surface area contributed by atoms with Gasteiger partial charge < -0.3 is 14.0 Å². The maximum absolute atomic E-state index is 12.7. The first-order chi connectivity index (χ1) is 13.8. The van der Waals surface area contributed by atoms with Gasteiger partial charge in [-0.05, 0) is 35.9 Å². The topological polar surface area (TPSA) is 74.5 Å². The van der Waals surface area contributed by atoms with Gasteiger partial charge in [-0.25, -0.2) is 4.79 Å². The van der Waals surface area contributed by atoms with E-state index in [1.807, 2.05) is 0 Å². The second-order valence-corrected chi connectivity index (χ2v) is 5.81. The minimum Gasteiger partial charge on any atom is -0.497 e. The fourth-order valence-corrected chi connectivity index (χ4v) is 2.36. The van der Waals surface area contributed by atoms with Gasteiger partial charge >= 0.3 is 12.1 Å². The molecule has 0 spiro atoms. The van der Waals surface area contributed by atoms with Crippen molar-refractivity contribution >= 4 is 12.0 Å². The van der Waals surface area contributed by atoms with Gasteiger partial charge in [-0.1, -0.05) is 29.4 Å². The molecule has 3 rings (SSSR count). The molecule has 0 amide bonds. The van der Waals surface area contributed by atoms with Gasteiger partial charge in [-0.3, -0.25) is 0 Å². The molecule has 0 atom stereocenters. The quantitative estimate of drug-likeness (QED) is 0.444. The van der Waals surface area contributed by atoms with Gasteiger partial charge in [0.2, 0.25) is 5.82 Å². The maximum Gasteiger partial charge on any atom is 0.416 e. The van der Waals surface area contributed by atoms with Crippen molar-refractivity contribution in [1.82, 2.24) is 10.1 Å². The second-order valence-electron chi connectivity index (χ2n) is 5.81. The fourth-order valence-electron chi connectivity index (χ4n) is 2.36. The Kier molecular flexibility index (Phi) is 5.96. The van der Waals surface area contributed by atoms with Crippen LogP contribution in [0.25, 0.3) is 17.5 Å². The molecule has 29 heavy (non-hydrogen) atoms. The smallest absolute Gasteiger partial charge is 0.416 e. The van der Waals surface area contributed by atoms with Crippen LogP contribution in [0.3, 0.4) is 0 Å². The second kappa shape index (κ2) is 8.59. The molecule has 0 bridgehead atoms. The van der Waals surface area contributed by atoms with Crippen molar-refractivity contribution in [2.75, 3.05) is 7.11 Å². The summed E-state index contributed by atoms with van der Waals surface area (Å²) in [5.74, 6) is 0.238. The molecule has 0 aliphatic heterocycles. The summed E-state index contributed by atoms with van der Waals surface area (Å²) in [6.45, 7) is -0.275. The number of ether oxygens (including phenoxy) is 2. The number of benzene rings is 2. The van der Waals surface area contributed by atoms with Gasteiger partial charge in [0.1, 0.15) is 5.75 Å². The molecule has 0 fully saturated rings. The number of methoxy groups -OCH3 is 1. The Hall–Kier alpha value is -3.62.